The van der Waals surface area contributed by atoms with Gasteiger partial charge in [-0.2, -0.15) is 0 Å². The molecule has 2 aromatic rings. The molecule has 0 saturated heterocycles. The highest BCUT2D eigenvalue weighted by Crippen LogP contribution is 2.25. The molecule has 0 aliphatic rings. The Morgan fingerprint density at radius 2 is 2.00 bits per heavy atom. The van der Waals surface area contributed by atoms with Crippen LogP contribution in [0.25, 0.3) is 0 Å². The molecule has 0 aliphatic carbocycles. The van der Waals surface area contributed by atoms with E-state index in [1.54, 1.807) is 37.3 Å². The van der Waals surface area contributed by atoms with Crippen molar-refractivity contribution in [1.29, 1.82) is 0 Å². The molecule has 0 radical (unpaired) electrons. The van der Waals surface area contributed by atoms with Crippen LogP contribution in [0.3, 0.4) is 0 Å². The predicted octanol–water partition coefficient (Wildman–Crippen LogP) is 5.01. The van der Waals surface area contributed by atoms with Gasteiger partial charge >= 0.3 is 0 Å². The number of oxime groups is 1. The van der Waals surface area contributed by atoms with Gasteiger partial charge in [-0.05, 0) is 13.0 Å². The van der Waals surface area contributed by atoms with Gasteiger partial charge in [0.1, 0.15) is 6.10 Å². The third-order valence-corrected chi connectivity index (χ3v) is 3.78. The topological polar surface area (TPSA) is 64.7 Å². The van der Waals surface area contributed by atoms with Crippen molar-refractivity contribution in [3.05, 3.63) is 73.8 Å². The van der Waals surface area contributed by atoms with Crippen LogP contribution >= 0.6 is 23.2 Å². The quantitative estimate of drug-likeness (QED) is 0.437. The van der Waals surface area contributed by atoms with E-state index in [9.17, 15) is 10.1 Å². The third-order valence-electron chi connectivity index (χ3n) is 2.94. The van der Waals surface area contributed by atoms with Crippen LogP contribution < -0.4 is 0 Å². The van der Waals surface area contributed by atoms with Crippen molar-refractivity contribution >= 4 is 35.1 Å². The SMILES string of the molecule is C[C@H](O/N=C\c1cccc(Cl)c1Cl)c1cccc([N+](=O)[O-])c1. The molecule has 0 bridgehead atoms. The molecule has 5 nitrogen and oxygen atoms in total. The van der Waals surface area contributed by atoms with Gasteiger partial charge in [-0.15, -0.1) is 0 Å². The summed E-state index contributed by atoms with van der Waals surface area (Å²) in [5, 5.41) is 15.4. The largest absolute Gasteiger partial charge is 0.388 e. The number of hydrogen-bond acceptors (Lipinski definition) is 4. The van der Waals surface area contributed by atoms with Crippen LogP contribution in [0.1, 0.15) is 24.2 Å². The van der Waals surface area contributed by atoms with E-state index in [1.807, 2.05) is 0 Å². The second-order valence-corrected chi connectivity index (χ2v) is 5.26. The summed E-state index contributed by atoms with van der Waals surface area (Å²) in [5.74, 6) is 0. The summed E-state index contributed by atoms with van der Waals surface area (Å²) in [4.78, 5) is 15.6. The molecule has 0 heterocycles. The first-order chi connectivity index (χ1) is 10.5. The molecule has 7 heteroatoms. The number of nitro groups is 1. The average Bonchev–Trinajstić information content (AvgIpc) is 2.51. The van der Waals surface area contributed by atoms with Gasteiger partial charge in [-0.3, -0.25) is 10.1 Å². The molecular formula is C15H12Cl2N2O3. The minimum Gasteiger partial charge on any atom is -0.388 e. The summed E-state index contributed by atoms with van der Waals surface area (Å²) in [6.07, 6.45) is 1.01. The number of nitro benzene ring substituents is 1. The molecule has 0 fully saturated rings. The normalized spacial score (nSPS) is 12.3. The van der Waals surface area contributed by atoms with Gasteiger partial charge in [0.2, 0.25) is 0 Å². The minimum atomic E-state index is -0.453. The highest BCUT2D eigenvalue weighted by molar-refractivity contribution is 6.43. The Balaban J connectivity index is 2.08. The van der Waals surface area contributed by atoms with E-state index in [0.717, 1.165) is 0 Å². The molecule has 0 spiro atoms. The molecule has 1 atom stereocenters. The van der Waals surface area contributed by atoms with E-state index in [0.29, 0.717) is 21.2 Å². The van der Waals surface area contributed by atoms with Gasteiger partial charge in [0.05, 0.1) is 21.2 Å². The van der Waals surface area contributed by atoms with Crippen LogP contribution in [0.2, 0.25) is 10.0 Å². The summed E-state index contributed by atoms with van der Waals surface area (Å²) in [6.45, 7) is 1.75. The van der Waals surface area contributed by atoms with Crippen molar-refractivity contribution < 1.29 is 9.76 Å². The molecular weight excluding hydrogens is 327 g/mol. The van der Waals surface area contributed by atoms with Crippen molar-refractivity contribution in [2.45, 2.75) is 13.0 Å². The van der Waals surface area contributed by atoms with Gasteiger partial charge in [0, 0.05) is 23.3 Å². The fraction of sp³-hybridized carbons (Fsp3) is 0.133. The zero-order chi connectivity index (χ0) is 16.1. The maximum Gasteiger partial charge on any atom is 0.269 e. The Bertz CT molecular complexity index is 720. The highest BCUT2D eigenvalue weighted by atomic mass is 35.5. The Kier molecular flexibility index (Phi) is 5.35. The van der Waals surface area contributed by atoms with E-state index in [4.69, 9.17) is 28.0 Å². The van der Waals surface area contributed by atoms with Crippen molar-refractivity contribution in [2.75, 3.05) is 0 Å². The molecule has 22 heavy (non-hydrogen) atoms. The van der Waals surface area contributed by atoms with Gasteiger partial charge in [-0.1, -0.05) is 52.6 Å². The zero-order valence-electron chi connectivity index (χ0n) is 11.6. The van der Waals surface area contributed by atoms with Crippen LogP contribution in [0.15, 0.2) is 47.6 Å². The van der Waals surface area contributed by atoms with Crippen LogP contribution in [0.5, 0.6) is 0 Å². The van der Waals surface area contributed by atoms with E-state index in [-0.39, 0.29) is 5.69 Å². The lowest BCUT2D eigenvalue weighted by Crippen LogP contribution is -1.97. The highest BCUT2D eigenvalue weighted by Gasteiger charge is 2.11. The van der Waals surface area contributed by atoms with Crippen LogP contribution in [-0.2, 0) is 4.84 Å². The van der Waals surface area contributed by atoms with Crippen molar-refractivity contribution in [2.24, 2.45) is 5.16 Å². The number of halogens is 2. The van der Waals surface area contributed by atoms with E-state index in [2.05, 4.69) is 5.16 Å². The summed E-state index contributed by atoms with van der Waals surface area (Å²) >= 11 is 11.9. The predicted molar refractivity (Wildman–Crippen MR) is 86.7 cm³/mol. The molecule has 0 aliphatic heterocycles. The molecule has 0 N–H and O–H groups in total. The van der Waals surface area contributed by atoms with Gasteiger partial charge in [-0.25, -0.2) is 0 Å². The maximum atomic E-state index is 10.8. The lowest BCUT2D eigenvalue weighted by atomic mass is 10.1. The molecule has 2 aromatic carbocycles. The van der Waals surface area contributed by atoms with Crippen LogP contribution in [0, 0.1) is 10.1 Å². The monoisotopic (exact) mass is 338 g/mol. The maximum absolute atomic E-state index is 10.8. The first kappa shape index (κ1) is 16.3. The average molecular weight is 339 g/mol. The minimum absolute atomic E-state index is 0.00909. The molecule has 2 rings (SSSR count). The van der Waals surface area contributed by atoms with Crippen molar-refractivity contribution in [3.63, 3.8) is 0 Å². The van der Waals surface area contributed by atoms with E-state index in [1.165, 1.54) is 18.3 Å². The van der Waals surface area contributed by atoms with Gasteiger partial charge in [0.25, 0.3) is 5.69 Å². The van der Waals surface area contributed by atoms with Crippen LogP contribution in [-0.4, -0.2) is 11.1 Å². The van der Waals surface area contributed by atoms with E-state index < -0.39 is 11.0 Å². The molecule has 0 aromatic heterocycles. The second kappa shape index (κ2) is 7.24. The number of rotatable bonds is 5. The Morgan fingerprint density at radius 1 is 1.27 bits per heavy atom. The third kappa shape index (κ3) is 3.96. The molecule has 0 saturated carbocycles. The van der Waals surface area contributed by atoms with Gasteiger partial charge in [0.15, 0.2) is 0 Å². The standard InChI is InChI=1S/C15H12Cl2N2O3/c1-10(11-4-2-6-13(8-11)19(20)21)22-18-9-12-5-3-7-14(16)15(12)17/h2-10H,1H3/b18-9-/t10-/m0/s1. The smallest absolute Gasteiger partial charge is 0.269 e. The first-order valence-corrected chi connectivity index (χ1v) is 7.12. The number of benzene rings is 2. The second-order valence-electron chi connectivity index (χ2n) is 4.48. The lowest BCUT2D eigenvalue weighted by Gasteiger charge is -2.09. The first-order valence-electron chi connectivity index (χ1n) is 6.36. The summed E-state index contributed by atoms with van der Waals surface area (Å²) in [7, 11) is 0. The Labute approximate surface area is 137 Å². The van der Waals surface area contributed by atoms with E-state index >= 15 is 0 Å². The number of non-ortho nitro benzene ring substituents is 1. The summed E-state index contributed by atoms with van der Waals surface area (Å²) < 4.78 is 0. The molecule has 114 valence electrons. The summed E-state index contributed by atoms with van der Waals surface area (Å²) in [6, 6.07) is 11.4. The van der Waals surface area contributed by atoms with Gasteiger partial charge < -0.3 is 4.84 Å². The number of nitrogens with zero attached hydrogens (tertiary/aromatic N) is 2. The molecule has 0 unspecified atom stereocenters. The number of hydrogen-bond donors (Lipinski definition) is 0. The van der Waals surface area contributed by atoms with Crippen LogP contribution in [0.4, 0.5) is 5.69 Å². The molecule has 0 amide bonds. The fourth-order valence-corrected chi connectivity index (χ4v) is 2.11. The Hall–Kier alpha value is -2.11. The van der Waals surface area contributed by atoms with Crippen molar-refractivity contribution in [3.8, 4) is 0 Å². The summed E-state index contributed by atoms with van der Waals surface area (Å²) in [5.41, 5.74) is 1.29. The van der Waals surface area contributed by atoms with Crippen molar-refractivity contribution in [1.82, 2.24) is 0 Å². The lowest BCUT2D eigenvalue weighted by molar-refractivity contribution is -0.385. The zero-order valence-corrected chi connectivity index (χ0v) is 13.1. The fourth-order valence-electron chi connectivity index (χ4n) is 1.75. The Morgan fingerprint density at radius 3 is 2.73 bits per heavy atom.